The molecule has 11 aromatic rings. The number of hydrogen-bond donors (Lipinski definition) is 0. The van der Waals surface area contributed by atoms with E-state index in [0.29, 0.717) is 5.82 Å². The summed E-state index contributed by atoms with van der Waals surface area (Å²) in [5.74, 6) is 1.52. The maximum Gasteiger partial charge on any atom is 0.162 e. The van der Waals surface area contributed by atoms with Gasteiger partial charge in [0.1, 0.15) is 5.82 Å². The van der Waals surface area contributed by atoms with Gasteiger partial charge in [-0.2, -0.15) is 0 Å². The molecule has 0 N–H and O–H groups in total. The predicted molar refractivity (Wildman–Crippen MR) is 254 cm³/mol. The number of aromatic nitrogens is 3. The van der Waals surface area contributed by atoms with Crippen LogP contribution in [-0.4, -0.2) is 14.5 Å². The van der Waals surface area contributed by atoms with Crippen LogP contribution >= 0.6 is 11.8 Å². The van der Waals surface area contributed by atoms with E-state index in [2.05, 4.69) is 204 Å². The highest BCUT2D eigenvalue weighted by molar-refractivity contribution is 7.99. The number of benzene rings is 9. The molecule has 0 atom stereocenters. The number of fused-ring (bicyclic) bond motifs is 6. The van der Waals surface area contributed by atoms with Crippen LogP contribution in [0.5, 0.6) is 0 Å². The third kappa shape index (κ3) is 6.17. The minimum Gasteiger partial charge on any atom is -0.308 e. The number of nitrogens with zero attached hydrogens (tertiary/aromatic N) is 4. The molecule has 12 rings (SSSR count). The molecule has 0 aliphatic carbocycles. The summed E-state index contributed by atoms with van der Waals surface area (Å²) in [5.41, 5.74) is 13.3. The SMILES string of the molecule is c1ccc(-c2ccc(-c3cc(-n4c5ccccc5c5cc(-c6ccc7c(c6)Sc6ccccc6N7c6ccc7ccccc7c6)ccc54)nc(-c4ccccc4)n3)cc2)cc1. The molecule has 61 heavy (non-hydrogen) atoms. The molecule has 0 radical (unpaired) electrons. The van der Waals surface area contributed by atoms with Crippen LogP contribution in [0.25, 0.3) is 83.3 Å². The first-order valence-corrected chi connectivity index (χ1v) is 21.4. The molecule has 0 saturated heterocycles. The molecule has 1 aliphatic heterocycles. The van der Waals surface area contributed by atoms with E-state index in [1.165, 1.54) is 65.0 Å². The fourth-order valence-electron chi connectivity index (χ4n) is 8.81. The fourth-order valence-corrected chi connectivity index (χ4v) is 9.90. The van der Waals surface area contributed by atoms with Crippen molar-refractivity contribution in [1.29, 1.82) is 0 Å². The van der Waals surface area contributed by atoms with Crippen LogP contribution in [0.1, 0.15) is 0 Å². The van der Waals surface area contributed by atoms with Crippen LogP contribution in [0.2, 0.25) is 0 Å². The van der Waals surface area contributed by atoms with Crippen molar-refractivity contribution in [3.8, 4) is 50.7 Å². The molecule has 5 heteroatoms. The molecule has 9 aromatic carbocycles. The number of anilines is 3. The van der Waals surface area contributed by atoms with E-state index in [4.69, 9.17) is 9.97 Å². The standard InChI is InChI=1S/C56H36N4S/c1-3-13-37(14-4-1)39-23-25-40(26-24-39)48-36-55(58-56(57-48)41-16-5-2-6-17-41)60-49-20-10-9-19-46(49)47-34-43(28-31-50(47)60)44-29-32-52-54(35-44)61-53-22-12-11-21-51(53)59(52)45-30-27-38-15-7-8-18-42(38)33-45/h1-36H. The molecule has 0 bridgehead atoms. The maximum atomic E-state index is 5.28. The lowest BCUT2D eigenvalue weighted by molar-refractivity contribution is 1.05. The summed E-state index contributed by atoms with van der Waals surface area (Å²) in [6.07, 6.45) is 0. The monoisotopic (exact) mass is 796 g/mol. The third-order valence-electron chi connectivity index (χ3n) is 11.8. The van der Waals surface area contributed by atoms with Gasteiger partial charge in [-0.25, -0.2) is 9.97 Å². The fraction of sp³-hybridized carbons (Fsp3) is 0. The Morgan fingerprint density at radius 1 is 0.361 bits per heavy atom. The van der Waals surface area contributed by atoms with Crippen LogP contribution in [-0.2, 0) is 0 Å². The van der Waals surface area contributed by atoms with Gasteiger partial charge in [0.25, 0.3) is 0 Å². The van der Waals surface area contributed by atoms with Gasteiger partial charge < -0.3 is 4.90 Å². The van der Waals surface area contributed by atoms with Crippen LogP contribution in [0, 0.1) is 0 Å². The summed E-state index contributed by atoms with van der Waals surface area (Å²) in [6.45, 7) is 0. The van der Waals surface area contributed by atoms with E-state index in [1.54, 1.807) is 0 Å². The molecule has 4 nitrogen and oxygen atoms in total. The molecule has 0 amide bonds. The molecule has 0 fully saturated rings. The van der Waals surface area contributed by atoms with Crippen molar-refractivity contribution in [1.82, 2.24) is 14.5 Å². The zero-order valence-corrected chi connectivity index (χ0v) is 33.8. The summed E-state index contributed by atoms with van der Waals surface area (Å²) in [7, 11) is 0. The maximum absolute atomic E-state index is 5.28. The first-order chi connectivity index (χ1) is 30.2. The van der Waals surface area contributed by atoms with Gasteiger partial charge in [-0.15, -0.1) is 0 Å². The Labute approximate surface area is 358 Å². The Hall–Kier alpha value is -7.73. The molecule has 0 spiro atoms. The molecule has 286 valence electrons. The van der Waals surface area contributed by atoms with Crippen LogP contribution < -0.4 is 4.90 Å². The lowest BCUT2D eigenvalue weighted by atomic mass is 10.0. The number of para-hydroxylation sites is 2. The van der Waals surface area contributed by atoms with Gasteiger partial charge in [0.05, 0.1) is 28.1 Å². The Morgan fingerprint density at radius 2 is 0.984 bits per heavy atom. The summed E-state index contributed by atoms with van der Waals surface area (Å²) < 4.78 is 2.30. The van der Waals surface area contributed by atoms with Crippen molar-refractivity contribution in [3.05, 3.63) is 218 Å². The largest absolute Gasteiger partial charge is 0.308 e. The second kappa shape index (κ2) is 14.5. The van der Waals surface area contributed by atoms with Gasteiger partial charge in [-0.1, -0.05) is 169 Å². The van der Waals surface area contributed by atoms with E-state index >= 15 is 0 Å². The Balaban J connectivity index is 0.977. The highest BCUT2D eigenvalue weighted by Crippen LogP contribution is 2.52. The molecule has 3 heterocycles. The van der Waals surface area contributed by atoms with Crippen molar-refractivity contribution in [2.45, 2.75) is 9.79 Å². The van der Waals surface area contributed by atoms with E-state index < -0.39 is 0 Å². The topological polar surface area (TPSA) is 34.0 Å². The molecule has 2 aromatic heterocycles. The lowest BCUT2D eigenvalue weighted by Crippen LogP contribution is -2.14. The van der Waals surface area contributed by atoms with E-state index in [9.17, 15) is 0 Å². The Morgan fingerprint density at radius 3 is 1.84 bits per heavy atom. The lowest BCUT2D eigenvalue weighted by Gasteiger charge is -2.33. The van der Waals surface area contributed by atoms with E-state index in [-0.39, 0.29) is 0 Å². The normalized spacial score (nSPS) is 12.2. The molecular formula is C56H36N4S. The summed E-state index contributed by atoms with van der Waals surface area (Å²) in [5, 5.41) is 4.82. The first-order valence-electron chi connectivity index (χ1n) is 20.6. The molecular weight excluding hydrogens is 761 g/mol. The van der Waals surface area contributed by atoms with Gasteiger partial charge in [0, 0.05) is 43.4 Å². The second-order valence-corrected chi connectivity index (χ2v) is 16.5. The third-order valence-corrected chi connectivity index (χ3v) is 12.9. The van der Waals surface area contributed by atoms with Crippen molar-refractivity contribution in [2.75, 3.05) is 4.90 Å². The molecule has 0 unspecified atom stereocenters. The summed E-state index contributed by atoms with van der Waals surface area (Å²) in [6, 6.07) is 78.1. The van der Waals surface area contributed by atoms with Crippen LogP contribution in [0.15, 0.2) is 228 Å². The Bertz CT molecular complexity index is 3450. The van der Waals surface area contributed by atoms with Gasteiger partial charge >= 0.3 is 0 Å². The Kier molecular flexibility index (Phi) is 8.39. The molecule has 1 aliphatic rings. The zero-order valence-electron chi connectivity index (χ0n) is 33.0. The average molecular weight is 797 g/mol. The van der Waals surface area contributed by atoms with Crippen molar-refractivity contribution < 1.29 is 0 Å². The van der Waals surface area contributed by atoms with Gasteiger partial charge in [0.15, 0.2) is 5.82 Å². The number of hydrogen-bond acceptors (Lipinski definition) is 4. The van der Waals surface area contributed by atoms with Crippen LogP contribution in [0.3, 0.4) is 0 Å². The highest BCUT2D eigenvalue weighted by atomic mass is 32.2. The summed E-state index contributed by atoms with van der Waals surface area (Å²) in [4.78, 5) is 15.3. The minimum atomic E-state index is 0.689. The van der Waals surface area contributed by atoms with Crippen molar-refractivity contribution >= 4 is 61.4 Å². The zero-order chi connectivity index (χ0) is 40.3. The average Bonchev–Trinajstić information content (AvgIpc) is 3.67. The smallest absolute Gasteiger partial charge is 0.162 e. The van der Waals surface area contributed by atoms with E-state index in [0.717, 1.165) is 39.4 Å². The first kappa shape index (κ1) is 35.2. The van der Waals surface area contributed by atoms with E-state index in [1.807, 2.05) is 36.0 Å². The van der Waals surface area contributed by atoms with Crippen molar-refractivity contribution in [3.63, 3.8) is 0 Å². The second-order valence-electron chi connectivity index (χ2n) is 15.4. The van der Waals surface area contributed by atoms with Gasteiger partial charge in [-0.05, 0) is 87.6 Å². The van der Waals surface area contributed by atoms with Crippen LogP contribution in [0.4, 0.5) is 17.1 Å². The van der Waals surface area contributed by atoms with Gasteiger partial charge in [0.2, 0.25) is 0 Å². The highest BCUT2D eigenvalue weighted by Gasteiger charge is 2.26. The van der Waals surface area contributed by atoms with Gasteiger partial charge in [-0.3, -0.25) is 4.57 Å². The summed E-state index contributed by atoms with van der Waals surface area (Å²) >= 11 is 1.84. The predicted octanol–water partition coefficient (Wildman–Crippen LogP) is 15.3. The quantitative estimate of drug-likeness (QED) is 0.168. The number of rotatable bonds is 6. The minimum absolute atomic E-state index is 0.689. The molecule has 0 saturated carbocycles. The van der Waals surface area contributed by atoms with Crippen molar-refractivity contribution in [2.24, 2.45) is 0 Å².